The molecule has 0 saturated heterocycles. The van der Waals surface area contributed by atoms with Crippen molar-refractivity contribution in [2.75, 3.05) is 0 Å². The van der Waals surface area contributed by atoms with Crippen LogP contribution in [0.15, 0.2) is 0 Å². The van der Waals surface area contributed by atoms with Crippen LogP contribution < -0.4 is 160 Å². The van der Waals surface area contributed by atoms with E-state index >= 15 is 0 Å². The largest absolute Gasteiger partial charge is 1.00 e. The molecule has 0 atom stereocenters. The monoisotopic (exact) mass is 300 g/mol. The minimum absolute atomic E-state index is 0. The quantitative estimate of drug-likeness (QED) is 0.328. The summed E-state index contributed by atoms with van der Waals surface area (Å²) in [5.41, 5.74) is 0. The predicted molar refractivity (Wildman–Crippen MR) is 19.7 cm³/mol. The summed E-state index contributed by atoms with van der Waals surface area (Å²) in [6.45, 7) is 0. The van der Waals surface area contributed by atoms with E-state index in [0.29, 0.717) is 0 Å². The van der Waals surface area contributed by atoms with E-state index in [1.165, 1.54) is 0 Å². The van der Waals surface area contributed by atoms with Gasteiger partial charge in [0.25, 0.3) is 7.82 Å². The Morgan fingerprint density at radius 2 is 0.786 bits per heavy atom. The topological polar surface area (TPSA) is 167 Å². The third-order valence-electron chi connectivity index (χ3n) is 0. The summed E-state index contributed by atoms with van der Waals surface area (Å²) in [4.78, 5) is 48.6. The van der Waals surface area contributed by atoms with Crippen molar-refractivity contribution in [3.8, 4) is 0 Å². The molecule has 0 aromatic rings. The first-order chi connectivity index (χ1) is 4.00. The number of rotatable bonds is 0. The van der Waals surface area contributed by atoms with Crippen LogP contribution in [0.2, 0.25) is 0 Å². The van der Waals surface area contributed by atoms with Gasteiger partial charge in [-0.15, -0.1) is 0 Å². The molecule has 0 amide bonds. The molecule has 0 aromatic carbocycles. The summed E-state index contributed by atoms with van der Waals surface area (Å²) >= 11 is 0. The van der Waals surface area contributed by atoms with Crippen LogP contribution >= 0.6 is 15.6 Å². The molecular formula is H2KNa3O8P2. The molecule has 0 spiro atoms. The van der Waals surface area contributed by atoms with Crippen LogP contribution in [0.5, 0.6) is 0 Å². The molecule has 14 heavy (non-hydrogen) atoms. The van der Waals surface area contributed by atoms with Crippen molar-refractivity contribution in [1.82, 2.24) is 0 Å². The van der Waals surface area contributed by atoms with Crippen molar-refractivity contribution in [3.63, 3.8) is 0 Å². The zero-order chi connectivity index (χ0) is 9.00. The van der Waals surface area contributed by atoms with Crippen molar-refractivity contribution in [3.05, 3.63) is 0 Å². The summed E-state index contributed by atoms with van der Waals surface area (Å²) in [5.74, 6) is 0. The third kappa shape index (κ3) is 180. The summed E-state index contributed by atoms with van der Waals surface area (Å²) in [6, 6.07) is 0. The standard InChI is InChI=1S/K.3Na.2H3O4P/c;;;;2*1-5(2,3)4/h;;;;2*(H3,1,2,3,4)/q4*+1;;/p-4. The molecule has 0 radical (unpaired) electrons. The summed E-state index contributed by atoms with van der Waals surface area (Å²) in [6.07, 6.45) is 0. The van der Waals surface area contributed by atoms with Gasteiger partial charge in [0.15, 0.2) is 0 Å². The summed E-state index contributed by atoms with van der Waals surface area (Å²) < 4.78 is 17.3. The summed E-state index contributed by atoms with van der Waals surface area (Å²) in [7, 11) is -10.3. The molecule has 14 heteroatoms. The summed E-state index contributed by atoms with van der Waals surface area (Å²) in [5, 5.41) is 0. The van der Waals surface area contributed by atoms with E-state index in [1.54, 1.807) is 0 Å². The zero-order valence-corrected chi connectivity index (χ0v) is 19.2. The Kier molecular flexibility index (Phi) is 46.4. The van der Waals surface area contributed by atoms with Gasteiger partial charge in [0.1, 0.15) is 0 Å². The average Bonchev–Trinajstić information content (AvgIpc) is 1.12. The Balaban J connectivity index is -0.0000000178. The minimum Gasteiger partial charge on any atom is -0.822 e. The van der Waals surface area contributed by atoms with E-state index in [2.05, 4.69) is 0 Å². The van der Waals surface area contributed by atoms with Crippen LogP contribution in [0.1, 0.15) is 0 Å². The van der Waals surface area contributed by atoms with Crippen molar-refractivity contribution < 1.29 is 179 Å². The van der Waals surface area contributed by atoms with E-state index in [-0.39, 0.29) is 140 Å². The second-order valence-electron chi connectivity index (χ2n) is 0.938. The van der Waals surface area contributed by atoms with E-state index in [1.807, 2.05) is 0 Å². The fourth-order valence-electron chi connectivity index (χ4n) is 0. The van der Waals surface area contributed by atoms with Gasteiger partial charge < -0.3 is 33.9 Å². The number of hydrogen-bond acceptors (Lipinski definition) is 6. The Morgan fingerprint density at radius 1 is 0.786 bits per heavy atom. The first-order valence-corrected chi connectivity index (χ1v) is 4.49. The van der Waals surface area contributed by atoms with Gasteiger partial charge in [-0.05, 0) is 0 Å². The van der Waals surface area contributed by atoms with Crippen molar-refractivity contribution in [2.24, 2.45) is 0 Å². The van der Waals surface area contributed by atoms with Gasteiger partial charge >= 0.3 is 140 Å². The van der Waals surface area contributed by atoms with Gasteiger partial charge in [-0.1, -0.05) is 0 Å². The van der Waals surface area contributed by atoms with Crippen LogP contribution in [0.4, 0.5) is 0 Å². The maximum Gasteiger partial charge on any atom is 1.00 e. The molecule has 0 rings (SSSR count). The van der Waals surface area contributed by atoms with Gasteiger partial charge in [-0.3, -0.25) is 4.57 Å². The van der Waals surface area contributed by atoms with Gasteiger partial charge in [-0.2, -0.15) is 7.82 Å². The molecule has 8 nitrogen and oxygen atoms in total. The normalized spacial score (nSPS) is 8.43. The molecule has 0 unspecified atom stereocenters. The molecule has 2 N–H and O–H groups in total. The second-order valence-corrected chi connectivity index (χ2v) is 2.81. The molecule has 0 aliphatic rings. The van der Waals surface area contributed by atoms with Gasteiger partial charge in [0.2, 0.25) is 0 Å². The van der Waals surface area contributed by atoms with E-state index in [9.17, 15) is 0 Å². The third-order valence-corrected chi connectivity index (χ3v) is 0. The van der Waals surface area contributed by atoms with Crippen molar-refractivity contribution in [1.29, 1.82) is 0 Å². The van der Waals surface area contributed by atoms with Gasteiger partial charge in [-0.25, -0.2) is 0 Å². The fourth-order valence-corrected chi connectivity index (χ4v) is 0. The Hall–Kier alpha value is 4.86. The second kappa shape index (κ2) is 17.9. The molecule has 0 heterocycles. The predicted octanol–water partition coefficient (Wildman–Crippen LogP) is -16.4. The van der Waals surface area contributed by atoms with E-state index in [0.717, 1.165) is 0 Å². The molecule has 0 saturated carbocycles. The molecule has 0 fully saturated rings. The van der Waals surface area contributed by atoms with Gasteiger partial charge in [0.05, 0.1) is 0 Å². The Labute approximate surface area is 189 Å². The number of hydrogen-bond donors (Lipinski definition) is 2. The maximum absolute atomic E-state index is 8.77. The van der Waals surface area contributed by atoms with Gasteiger partial charge in [0, 0.05) is 0 Å². The minimum atomic E-state index is -5.39. The number of phosphoric acid groups is 2. The Morgan fingerprint density at radius 3 is 0.786 bits per heavy atom. The first-order valence-electron chi connectivity index (χ1n) is 1.50. The fraction of sp³-hybridized carbons (Fsp3) is 0. The molecule has 64 valence electrons. The Bertz CT molecular complexity index is 135. The smallest absolute Gasteiger partial charge is 0.822 e. The van der Waals surface area contributed by atoms with Crippen LogP contribution in [0, 0.1) is 0 Å². The molecule has 0 bridgehead atoms. The molecular weight excluding hydrogens is 298 g/mol. The van der Waals surface area contributed by atoms with Crippen molar-refractivity contribution >= 4 is 15.6 Å². The first kappa shape index (κ1) is 36.4. The van der Waals surface area contributed by atoms with Crippen LogP contribution in [0.25, 0.3) is 0 Å². The zero-order valence-electron chi connectivity index (χ0n) is 8.24. The van der Waals surface area contributed by atoms with Crippen molar-refractivity contribution in [2.45, 2.75) is 0 Å². The van der Waals surface area contributed by atoms with Crippen LogP contribution in [0.3, 0.4) is 0 Å². The molecule has 0 aromatic heterocycles. The van der Waals surface area contributed by atoms with Crippen LogP contribution in [-0.4, -0.2) is 9.79 Å². The van der Waals surface area contributed by atoms with Crippen LogP contribution in [-0.2, 0) is 9.13 Å². The molecule has 0 aliphatic carbocycles. The average molecular weight is 300 g/mol. The van der Waals surface area contributed by atoms with E-state index in [4.69, 9.17) is 38.5 Å². The SMILES string of the molecule is O=P([O-])(O)O.O=P([O-])([O-])[O-].[K+].[Na+].[Na+].[Na+]. The van der Waals surface area contributed by atoms with E-state index < -0.39 is 15.6 Å². The molecule has 0 aliphatic heterocycles. The maximum atomic E-state index is 8.77.